The van der Waals surface area contributed by atoms with Gasteiger partial charge in [-0.15, -0.1) is 0 Å². The summed E-state index contributed by atoms with van der Waals surface area (Å²) in [5.74, 6) is 0.928. The molecule has 0 aromatic heterocycles. The molecule has 0 bridgehead atoms. The summed E-state index contributed by atoms with van der Waals surface area (Å²) < 4.78 is 0. The quantitative estimate of drug-likeness (QED) is 0.0463. The van der Waals surface area contributed by atoms with Crippen LogP contribution >= 0.6 is 58.0 Å². The molecular weight excluding hydrogens is 1980 g/mol. The summed E-state index contributed by atoms with van der Waals surface area (Å²) in [5.41, 5.74) is 20.3. The summed E-state index contributed by atoms with van der Waals surface area (Å²) in [6.07, 6.45) is 2.48. The number of fused-ring (bicyclic) bond motifs is 5. The molecule has 0 radical (unpaired) electrons. The average Bonchev–Trinajstić information content (AvgIpc) is 1.58. The van der Waals surface area contributed by atoms with Gasteiger partial charge in [0.15, 0.2) is 0 Å². The molecule has 5 aliphatic heterocycles. The average molecular weight is 2100 g/mol. The Balaban J connectivity index is 0.000000172. The lowest BCUT2D eigenvalue weighted by molar-refractivity contribution is -0.118. The highest BCUT2D eigenvalue weighted by atomic mass is 35.5. The topological polar surface area (TPSA) is 308 Å². The number of phenolic OH excluding ortho intramolecular Hbond substituents is 5. The van der Waals surface area contributed by atoms with Crippen LogP contribution in [0.5, 0.6) is 28.7 Å². The number of benzodiazepines with no additional fused rings is 5. The van der Waals surface area contributed by atoms with Gasteiger partial charge in [0, 0.05) is 113 Å². The molecule has 150 heavy (non-hydrogen) atoms. The Morgan fingerprint density at radius 1 is 0.233 bits per heavy atom. The van der Waals surface area contributed by atoms with E-state index in [1.807, 2.05) is 193 Å². The molecule has 5 atom stereocenters. The van der Waals surface area contributed by atoms with Crippen LogP contribution in [0.25, 0.3) is 0 Å². The van der Waals surface area contributed by atoms with Gasteiger partial charge in [-0.2, -0.15) is 0 Å². The van der Waals surface area contributed by atoms with Crippen molar-refractivity contribution < 1.29 is 49.5 Å². The van der Waals surface area contributed by atoms with Crippen molar-refractivity contribution in [2.45, 2.75) is 152 Å². The minimum atomic E-state index is -0.567. The number of nitrogens with zero attached hydrogens (tertiary/aromatic N) is 5. The zero-order valence-corrected chi connectivity index (χ0v) is 89.8. The second-order valence-electron chi connectivity index (χ2n) is 36.8. The van der Waals surface area contributed by atoms with Crippen LogP contribution in [0.2, 0.25) is 25.1 Å². The SMILES string of the molecule is CC.CC.CC.CC(C)(C)C.CC(C)C.O=C1Nc2ccc(Cl)cc2C(c2ccc(O)cc2)=NC1Cc1ccccc1.O=C1Nc2ccc(Cl)cc2C(c2ccc(O)cc2)=NC1Cc1ccccc1.O=C1Nc2ccc(Cl)cc2C(c2ccc(O)cc2)=NC1Cc1ccccc1.O=C1Nc2ccc(Cl)cc2C(c2ccc(O)cc2)=NC1Cc1ccccc1.O=C1Nc2ccc(Cl)cc2C(c2ccc(O)cc2)=NC1Cc1ccccc1. The van der Waals surface area contributed by atoms with Crippen molar-refractivity contribution in [1.82, 2.24) is 0 Å². The lowest BCUT2D eigenvalue weighted by atomic mass is 10.00. The van der Waals surface area contributed by atoms with E-state index in [-0.39, 0.29) is 58.3 Å². The van der Waals surface area contributed by atoms with Gasteiger partial charge in [-0.1, -0.05) is 300 Å². The van der Waals surface area contributed by atoms with E-state index >= 15 is 0 Å². The summed E-state index contributed by atoms with van der Waals surface area (Å²) in [5, 5.41) is 65.7. The Kier molecular flexibility index (Phi) is 43.3. The molecule has 15 aromatic rings. The van der Waals surface area contributed by atoms with Crippen LogP contribution in [-0.2, 0) is 56.1 Å². The van der Waals surface area contributed by atoms with Crippen LogP contribution in [0.15, 0.2) is 389 Å². The minimum absolute atomic E-state index is 0.156. The molecule has 25 heteroatoms. The second kappa shape index (κ2) is 56.6. The van der Waals surface area contributed by atoms with Gasteiger partial charge in [0.05, 0.1) is 57.0 Å². The lowest BCUT2D eigenvalue weighted by Gasteiger charge is -2.11. The monoisotopic (exact) mass is 2100 g/mol. The molecule has 770 valence electrons. The van der Waals surface area contributed by atoms with Crippen LogP contribution < -0.4 is 26.6 Å². The summed E-state index contributed by atoms with van der Waals surface area (Å²) >= 11 is 31.0. The third kappa shape index (κ3) is 34.0. The minimum Gasteiger partial charge on any atom is -0.508 e. The van der Waals surface area contributed by atoms with E-state index in [2.05, 4.69) is 75.1 Å². The molecule has 0 aliphatic carbocycles. The number of amides is 5. The zero-order chi connectivity index (χ0) is 108. The number of carbonyl (C=O) groups excluding carboxylic acids is 5. The van der Waals surface area contributed by atoms with Gasteiger partial charge in [-0.3, -0.25) is 48.9 Å². The van der Waals surface area contributed by atoms with Gasteiger partial charge in [-0.05, 0) is 251 Å². The highest BCUT2D eigenvalue weighted by Gasteiger charge is 2.33. The van der Waals surface area contributed by atoms with E-state index in [4.69, 9.17) is 83.0 Å². The first-order chi connectivity index (χ1) is 72.2. The molecule has 5 amide bonds. The highest BCUT2D eigenvalue weighted by Crippen LogP contribution is 2.37. The predicted molar refractivity (Wildman–Crippen MR) is 618 cm³/mol. The number of phenols is 5. The van der Waals surface area contributed by atoms with Gasteiger partial charge in [-0.25, -0.2) is 0 Å². The third-order valence-electron chi connectivity index (χ3n) is 22.5. The molecular formula is C125H125Cl5N10O10. The summed E-state index contributed by atoms with van der Waals surface area (Å²) in [7, 11) is 0. The molecule has 0 fully saturated rings. The molecule has 5 unspecified atom stereocenters. The fourth-order valence-corrected chi connectivity index (χ4v) is 16.6. The van der Waals surface area contributed by atoms with Crippen molar-refractivity contribution >= 4 is 145 Å². The van der Waals surface area contributed by atoms with Gasteiger partial charge in [0.1, 0.15) is 59.0 Å². The highest BCUT2D eigenvalue weighted by molar-refractivity contribution is 6.35. The van der Waals surface area contributed by atoms with Crippen molar-refractivity contribution in [3.05, 3.63) is 473 Å². The Morgan fingerprint density at radius 2 is 0.367 bits per heavy atom. The number of carbonyl (C=O) groups is 5. The molecule has 20 rings (SSSR count). The molecule has 0 saturated heterocycles. The number of aliphatic imine (C=N–C) groups is 5. The van der Waals surface area contributed by atoms with Gasteiger partial charge in [0.2, 0.25) is 29.5 Å². The molecule has 5 heterocycles. The fraction of sp³-hybridized carbons (Fsp3) is 0.200. The van der Waals surface area contributed by atoms with Gasteiger partial charge < -0.3 is 52.1 Å². The maximum atomic E-state index is 12.8. The maximum Gasteiger partial charge on any atom is 0.249 e. The molecule has 10 N–H and O–H groups in total. The van der Waals surface area contributed by atoms with E-state index < -0.39 is 30.2 Å². The number of rotatable bonds is 15. The summed E-state index contributed by atoms with van der Waals surface area (Å²) in [4.78, 5) is 88.0. The van der Waals surface area contributed by atoms with E-state index in [9.17, 15) is 49.5 Å². The van der Waals surface area contributed by atoms with E-state index in [0.717, 1.165) is 89.4 Å². The molecule has 5 aliphatic rings. The van der Waals surface area contributed by atoms with Crippen LogP contribution in [0.1, 0.15) is 173 Å². The Labute approximate surface area is 904 Å². The summed E-state index contributed by atoms with van der Waals surface area (Å²) in [6, 6.07) is 107. The first-order valence-electron chi connectivity index (χ1n) is 49.8. The number of halogens is 5. The third-order valence-corrected chi connectivity index (χ3v) is 23.6. The van der Waals surface area contributed by atoms with Crippen LogP contribution in [0.3, 0.4) is 0 Å². The number of hydrogen-bond acceptors (Lipinski definition) is 15. The van der Waals surface area contributed by atoms with Crippen molar-refractivity contribution in [3.63, 3.8) is 0 Å². The maximum absolute atomic E-state index is 12.8. The molecule has 0 saturated carbocycles. The normalized spacial score (nSPS) is 15.3. The lowest BCUT2D eigenvalue weighted by Crippen LogP contribution is -2.27. The van der Waals surface area contributed by atoms with Crippen LogP contribution in [0, 0.1) is 11.3 Å². The van der Waals surface area contributed by atoms with E-state index in [0.29, 0.717) is 120 Å². The van der Waals surface area contributed by atoms with E-state index in [1.165, 1.54) is 0 Å². The molecule has 15 aromatic carbocycles. The Bertz CT molecular complexity index is 6220. The zero-order valence-electron chi connectivity index (χ0n) is 86.0. The van der Waals surface area contributed by atoms with E-state index in [1.54, 1.807) is 212 Å². The number of anilines is 5. The predicted octanol–water partition coefficient (Wildman–Crippen LogP) is 29.0. The van der Waals surface area contributed by atoms with Crippen LogP contribution in [0.4, 0.5) is 28.4 Å². The number of benzene rings is 15. The number of hydrogen-bond donors (Lipinski definition) is 10. The standard InChI is InChI=1S/5C22H17ClN2O2.C5H12.C4H10.3C2H6/c5*23-16-8-11-19-18(13-16)21(15-6-9-17(26)10-7-15)24-20(22(27)25-19)12-14-4-2-1-3-5-14;1-5(2,3)4;1-4(2)3;3*1-2/h5*1-11,13,20,26H,12H2,(H,25,27);1-4H3;4H,1-3H3;3*1-2H3. The molecule has 0 spiro atoms. The van der Waals surface area contributed by atoms with Crippen molar-refractivity contribution in [1.29, 1.82) is 0 Å². The van der Waals surface area contributed by atoms with Gasteiger partial charge >= 0.3 is 0 Å². The Hall–Kier alpha value is -15.6. The smallest absolute Gasteiger partial charge is 0.249 e. The summed E-state index contributed by atoms with van der Waals surface area (Å²) in [6.45, 7) is 27.3. The first kappa shape index (κ1) is 115. The first-order valence-corrected chi connectivity index (χ1v) is 51.7. The molecule has 20 nitrogen and oxygen atoms in total. The van der Waals surface area contributed by atoms with Crippen molar-refractivity contribution in [2.75, 3.05) is 26.6 Å². The van der Waals surface area contributed by atoms with Crippen molar-refractivity contribution in [3.8, 4) is 28.7 Å². The number of nitrogens with one attached hydrogen (secondary N) is 5. The fourth-order valence-electron chi connectivity index (χ4n) is 15.7. The number of aromatic hydroxyl groups is 5. The Morgan fingerprint density at radius 3 is 0.500 bits per heavy atom. The second-order valence-corrected chi connectivity index (χ2v) is 39.0. The largest absolute Gasteiger partial charge is 0.508 e. The van der Waals surface area contributed by atoms with Crippen molar-refractivity contribution in [2.24, 2.45) is 36.3 Å². The van der Waals surface area contributed by atoms with Gasteiger partial charge in [0.25, 0.3) is 0 Å². The van der Waals surface area contributed by atoms with Crippen LogP contribution in [-0.4, -0.2) is 114 Å².